The highest BCUT2D eigenvalue weighted by molar-refractivity contribution is 5.75. The smallest absolute Gasteiger partial charge is 0.226 e. The molecule has 2 rings (SSSR count). The standard InChI is InChI=1S/C8H13NO4/c1-4-9-7-6(11)2-5(3-10)13-8(7)12-4/h5-8,10-11H,2-3H2,1H3. The van der Waals surface area contributed by atoms with Gasteiger partial charge in [0.15, 0.2) is 5.90 Å². The lowest BCUT2D eigenvalue weighted by Gasteiger charge is -2.32. The second kappa shape index (κ2) is 3.25. The molecule has 2 heterocycles. The molecule has 2 aliphatic rings. The summed E-state index contributed by atoms with van der Waals surface area (Å²) in [7, 11) is 0. The summed E-state index contributed by atoms with van der Waals surface area (Å²) >= 11 is 0. The Bertz CT molecular complexity index is 230. The van der Waals surface area contributed by atoms with Crippen LogP contribution in [0.4, 0.5) is 0 Å². The lowest BCUT2D eigenvalue weighted by molar-refractivity contribution is -0.189. The first kappa shape index (κ1) is 8.93. The van der Waals surface area contributed by atoms with Gasteiger partial charge in [0.2, 0.25) is 6.29 Å². The Morgan fingerprint density at radius 3 is 3.08 bits per heavy atom. The van der Waals surface area contributed by atoms with Crippen molar-refractivity contribution in [2.75, 3.05) is 6.61 Å². The van der Waals surface area contributed by atoms with Gasteiger partial charge in [-0.3, -0.25) is 0 Å². The quantitative estimate of drug-likeness (QED) is 0.568. The summed E-state index contributed by atoms with van der Waals surface area (Å²) < 4.78 is 10.6. The molecule has 0 aromatic rings. The molecule has 0 bridgehead atoms. The van der Waals surface area contributed by atoms with Crippen molar-refractivity contribution < 1.29 is 19.7 Å². The first-order valence-electron chi connectivity index (χ1n) is 4.36. The summed E-state index contributed by atoms with van der Waals surface area (Å²) in [6.45, 7) is 1.63. The second-order valence-corrected chi connectivity index (χ2v) is 3.37. The third-order valence-electron chi connectivity index (χ3n) is 2.33. The Hall–Kier alpha value is -0.650. The number of nitrogens with zero attached hydrogens (tertiary/aromatic N) is 1. The molecule has 5 heteroatoms. The van der Waals surface area contributed by atoms with Crippen molar-refractivity contribution >= 4 is 5.90 Å². The molecule has 0 radical (unpaired) electrons. The fraction of sp³-hybridized carbons (Fsp3) is 0.875. The Morgan fingerprint density at radius 2 is 2.38 bits per heavy atom. The average Bonchev–Trinajstić information content (AvgIpc) is 2.46. The zero-order valence-corrected chi connectivity index (χ0v) is 7.38. The van der Waals surface area contributed by atoms with Crippen LogP contribution in [0.1, 0.15) is 13.3 Å². The van der Waals surface area contributed by atoms with Crippen LogP contribution in [0, 0.1) is 0 Å². The van der Waals surface area contributed by atoms with Crippen LogP contribution in [0.2, 0.25) is 0 Å². The van der Waals surface area contributed by atoms with E-state index in [1.165, 1.54) is 0 Å². The molecule has 1 fully saturated rings. The third-order valence-corrected chi connectivity index (χ3v) is 2.33. The minimum absolute atomic E-state index is 0.0946. The molecule has 4 atom stereocenters. The number of ether oxygens (including phenoxy) is 2. The molecular formula is C8H13NO4. The zero-order valence-electron chi connectivity index (χ0n) is 7.38. The minimum atomic E-state index is -0.576. The molecule has 0 spiro atoms. The molecule has 13 heavy (non-hydrogen) atoms. The number of aliphatic imine (C=N–C) groups is 1. The van der Waals surface area contributed by atoms with E-state index in [0.717, 1.165) is 0 Å². The van der Waals surface area contributed by atoms with Crippen LogP contribution >= 0.6 is 0 Å². The first-order valence-corrected chi connectivity index (χ1v) is 4.36. The van der Waals surface area contributed by atoms with E-state index < -0.39 is 12.4 Å². The predicted octanol–water partition coefficient (Wildman–Crippen LogP) is -0.728. The van der Waals surface area contributed by atoms with Gasteiger partial charge in [-0.1, -0.05) is 0 Å². The molecule has 0 aromatic heterocycles. The van der Waals surface area contributed by atoms with Crippen molar-refractivity contribution in [3.05, 3.63) is 0 Å². The number of fused-ring (bicyclic) bond motifs is 1. The molecule has 0 aromatic carbocycles. The molecule has 4 unspecified atom stereocenters. The van der Waals surface area contributed by atoms with Crippen LogP contribution in [0.3, 0.4) is 0 Å². The van der Waals surface area contributed by atoms with Crippen molar-refractivity contribution in [3.63, 3.8) is 0 Å². The Balaban J connectivity index is 2.06. The molecule has 0 amide bonds. The van der Waals surface area contributed by atoms with Gasteiger partial charge in [-0.15, -0.1) is 0 Å². The topological polar surface area (TPSA) is 71.3 Å². The maximum Gasteiger partial charge on any atom is 0.226 e. The molecular weight excluding hydrogens is 174 g/mol. The lowest BCUT2D eigenvalue weighted by atomic mass is 10.0. The van der Waals surface area contributed by atoms with E-state index in [4.69, 9.17) is 14.6 Å². The second-order valence-electron chi connectivity index (χ2n) is 3.37. The maximum atomic E-state index is 9.62. The Kier molecular flexibility index (Phi) is 2.23. The highest BCUT2D eigenvalue weighted by Gasteiger charge is 2.42. The molecule has 2 aliphatic heterocycles. The van der Waals surface area contributed by atoms with Crippen LogP contribution in [0.15, 0.2) is 4.99 Å². The van der Waals surface area contributed by atoms with E-state index in [-0.39, 0.29) is 18.8 Å². The summed E-state index contributed by atoms with van der Waals surface area (Å²) in [6.07, 6.45) is -1.01. The number of hydrogen-bond donors (Lipinski definition) is 2. The first-order chi connectivity index (χ1) is 6.20. The van der Waals surface area contributed by atoms with Crippen LogP contribution in [-0.4, -0.2) is 47.3 Å². The molecule has 74 valence electrons. The van der Waals surface area contributed by atoms with Crippen molar-refractivity contribution in [2.45, 2.75) is 37.9 Å². The fourth-order valence-electron chi connectivity index (χ4n) is 1.69. The summed E-state index contributed by atoms with van der Waals surface area (Å²) in [5.74, 6) is 0.535. The van der Waals surface area contributed by atoms with Crippen LogP contribution < -0.4 is 0 Å². The maximum absolute atomic E-state index is 9.62. The van der Waals surface area contributed by atoms with E-state index in [0.29, 0.717) is 12.3 Å². The highest BCUT2D eigenvalue weighted by atomic mass is 16.7. The highest BCUT2D eigenvalue weighted by Crippen LogP contribution is 2.27. The molecule has 5 nitrogen and oxygen atoms in total. The monoisotopic (exact) mass is 187 g/mol. The van der Waals surface area contributed by atoms with Crippen molar-refractivity contribution in [2.24, 2.45) is 4.99 Å². The van der Waals surface area contributed by atoms with Crippen molar-refractivity contribution in [1.82, 2.24) is 0 Å². The van der Waals surface area contributed by atoms with Gasteiger partial charge in [-0.2, -0.15) is 0 Å². The number of hydrogen-bond acceptors (Lipinski definition) is 5. The molecule has 0 saturated carbocycles. The Labute approximate surface area is 76.0 Å². The van der Waals surface area contributed by atoms with Gasteiger partial charge in [-0.25, -0.2) is 4.99 Å². The van der Waals surface area contributed by atoms with E-state index >= 15 is 0 Å². The van der Waals surface area contributed by atoms with Crippen LogP contribution in [-0.2, 0) is 9.47 Å². The minimum Gasteiger partial charge on any atom is -0.450 e. The van der Waals surface area contributed by atoms with Crippen LogP contribution in [0.5, 0.6) is 0 Å². The van der Waals surface area contributed by atoms with Gasteiger partial charge in [0.1, 0.15) is 6.04 Å². The lowest BCUT2D eigenvalue weighted by Crippen LogP contribution is -2.47. The molecule has 2 N–H and O–H groups in total. The molecule has 0 aliphatic carbocycles. The largest absolute Gasteiger partial charge is 0.450 e. The SMILES string of the molecule is CC1=NC2C(O)CC(CO)OC2O1. The van der Waals surface area contributed by atoms with Gasteiger partial charge < -0.3 is 19.7 Å². The summed E-state index contributed by atoms with van der Waals surface area (Å²) in [5.41, 5.74) is 0. The van der Waals surface area contributed by atoms with Crippen molar-refractivity contribution in [1.29, 1.82) is 0 Å². The average molecular weight is 187 g/mol. The van der Waals surface area contributed by atoms with Crippen LogP contribution in [0.25, 0.3) is 0 Å². The zero-order chi connectivity index (χ0) is 9.42. The normalized spacial score (nSPS) is 43.8. The molecule has 1 saturated heterocycles. The number of aliphatic hydroxyl groups excluding tert-OH is 2. The third kappa shape index (κ3) is 1.54. The van der Waals surface area contributed by atoms with Gasteiger partial charge in [0, 0.05) is 13.3 Å². The summed E-state index contributed by atoms with van der Waals surface area (Å²) in [4.78, 5) is 4.10. The van der Waals surface area contributed by atoms with Gasteiger partial charge >= 0.3 is 0 Å². The van der Waals surface area contributed by atoms with E-state index in [1.54, 1.807) is 6.92 Å². The summed E-state index contributed by atoms with van der Waals surface area (Å²) in [5, 5.41) is 18.5. The number of rotatable bonds is 1. The predicted molar refractivity (Wildman–Crippen MR) is 44.4 cm³/mol. The fourth-order valence-corrected chi connectivity index (χ4v) is 1.69. The Morgan fingerprint density at radius 1 is 1.62 bits per heavy atom. The van der Waals surface area contributed by atoms with E-state index in [2.05, 4.69) is 4.99 Å². The van der Waals surface area contributed by atoms with Gasteiger partial charge in [0.05, 0.1) is 18.8 Å². The number of aliphatic hydroxyl groups is 2. The van der Waals surface area contributed by atoms with Crippen molar-refractivity contribution in [3.8, 4) is 0 Å². The van der Waals surface area contributed by atoms with Gasteiger partial charge in [-0.05, 0) is 0 Å². The van der Waals surface area contributed by atoms with E-state index in [1.807, 2.05) is 0 Å². The van der Waals surface area contributed by atoms with Gasteiger partial charge in [0.25, 0.3) is 0 Å². The summed E-state index contributed by atoms with van der Waals surface area (Å²) in [6, 6.07) is -0.317. The van der Waals surface area contributed by atoms with E-state index in [9.17, 15) is 5.11 Å².